The van der Waals surface area contributed by atoms with E-state index in [0.29, 0.717) is 18.7 Å². The van der Waals surface area contributed by atoms with E-state index >= 15 is 0 Å². The molecule has 1 aliphatic rings. The van der Waals surface area contributed by atoms with Crippen molar-refractivity contribution in [3.8, 4) is 0 Å². The number of carboxylic acids is 1. The monoisotopic (exact) mass is 311 g/mol. The average molecular weight is 311 g/mol. The van der Waals surface area contributed by atoms with Gasteiger partial charge in [0.25, 0.3) is 0 Å². The highest BCUT2D eigenvalue weighted by atomic mass is 16.4. The van der Waals surface area contributed by atoms with Gasteiger partial charge in [-0.05, 0) is 42.2 Å². The minimum atomic E-state index is -0.895. The lowest BCUT2D eigenvalue weighted by atomic mass is 10.1. The first-order valence-electron chi connectivity index (χ1n) is 7.95. The number of carbonyl (C=O) groups is 1. The molecule has 0 radical (unpaired) electrons. The van der Waals surface area contributed by atoms with Crippen molar-refractivity contribution in [2.45, 2.75) is 25.9 Å². The van der Waals surface area contributed by atoms with Gasteiger partial charge in [0.1, 0.15) is 5.82 Å². The van der Waals surface area contributed by atoms with Crippen molar-refractivity contribution in [2.24, 2.45) is 0 Å². The predicted octanol–water partition coefficient (Wildman–Crippen LogP) is 2.67. The number of rotatable bonds is 6. The van der Waals surface area contributed by atoms with Crippen LogP contribution in [0.5, 0.6) is 0 Å². The van der Waals surface area contributed by atoms with E-state index in [9.17, 15) is 4.79 Å². The van der Waals surface area contributed by atoms with E-state index in [2.05, 4.69) is 27.3 Å². The normalized spacial score (nSPS) is 14.2. The molecule has 0 saturated carbocycles. The largest absolute Gasteiger partial charge is 0.478 e. The molecule has 2 heterocycles. The number of hydrogen-bond donors (Lipinski definition) is 2. The number of pyridine rings is 1. The fourth-order valence-electron chi connectivity index (χ4n) is 2.82. The number of aromatic nitrogens is 1. The van der Waals surface area contributed by atoms with E-state index in [1.54, 1.807) is 18.2 Å². The predicted molar refractivity (Wildman–Crippen MR) is 89.6 cm³/mol. The van der Waals surface area contributed by atoms with Crippen molar-refractivity contribution in [3.63, 3.8) is 0 Å². The van der Waals surface area contributed by atoms with Crippen molar-refractivity contribution >= 4 is 11.8 Å². The van der Waals surface area contributed by atoms with Gasteiger partial charge in [-0.3, -0.25) is 0 Å². The highest BCUT2D eigenvalue weighted by Crippen LogP contribution is 2.17. The summed E-state index contributed by atoms with van der Waals surface area (Å²) in [6.45, 7) is 3.55. The Balaban J connectivity index is 1.52. The third-order valence-corrected chi connectivity index (χ3v) is 4.07. The molecule has 1 saturated heterocycles. The first-order chi connectivity index (χ1) is 11.2. The van der Waals surface area contributed by atoms with E-state index in [-0.39, 0.29) is 0 Å². The topological polar surface area (TPSA) is 65.5 Å². The second kappa shape index (κ2) is 7.24. The van der Waals surface area contributed by atoms with Crippen molar-refractivity contribution in [1.82, 2.24) is 10.3 Å². The summed E-state index contributed by atoms with van der Waals surface area (Å²) >= 11 is 0. The summed E-state index contributed by atoms with van der Waals surface area (Å²) in [5.74, 6) is 0.161. The van der Waals surface area contributed by atoms with Gasteiger partial charge in [0, 0.05) is 32.4 Å². The molecule has 5 nitrogen and oxygen atoms in total. The number of carboxylic acid groups (broad SMARTS) is 1. The van der Waals surface area contributed by atoms with Gasteiger partial charge in [-0.15, -0.1) is 0 Å². The molecular weight excluding hydrogens is 290 g/mol. The van der Waals surface area contributed by atoms with Gasteiger partial charge >= 0.3 is 5.97 Å². The molecule has 5 heteroatoms. The van der Waals surface area contributed by atoms with Crippen molar-refractivity contribution in [2.75, 3.05) is 18.0 Å². The summed E-state index contributed by atoms with van der Waals surface area (Å²) in [5.41, 5.74) is 2.41. The molecule has 0 aliphatic carbocycles. The van der Waals surface area contributed by atoms with Gasteiger partial charge < -0.3 is 15.3 Å². The maximum absolute atomic E-state index is 11.0. The molecule has 120 valence electrons. The standard InChI is InChI=1S/C18H21N3O2/c22-18(23)16-5-3-4-14(10-16)11-19-12-15-6-7-17(20-13-15)21-8-1-2-9-21/h3-7,10,13,19H,1-2,8-9,11-12H2,(H,22,23). The Morgan fingerprint density at radius 1 is 1.13 bits per heavy atom. The molecule has 0 amide bonds. The molecule has 0 bridgehead atoms. The molecule has 2 N–H and O–H groups in total. The van der Waals surface area contributed by atoms with Crippen LogP contribution in [0.4, 0.5) is 5.82 Å². The van der Waals surface area contributed by atoms with Crippen molar-refractivity contribution in [3.05, 3.63) is 59.3 Å². The van der Waals surface area contributed by atoms with Gasteiger partial charge in [0.05, 0.1) is 5.56 Å². The van der Waals surface area contributed by atoms with E-state index < -0.39 is 5.97 Å². The molecule has 3 rings (SSSR count). The van der Waals surface area contributed by atoms with Crippen LogP contribution in [0, 0.1) is 0 Å². The Labute approximate surface area is 136 Å². The highest BCUT2D eigenvalue weighted by Gasteiger charge is 2.12. The van der Waals surface area contributed by atoms with Crippen molar-refractivity contribution in [1.29, 1.82) is 0 Å². The minimum absolute atomic E-state index is 0.320. The van der Waals surface area contributed by atoms with Crippen LogP contribution in [0.2, 0.25) is 0 Å². The van der Waals surface area contributed by atoms with Crippen LogP contribution in [0.3, 0.4) is 0 Å². The van der Waals surface area contributed by atoms with Crippen LogP contribution < -0.4 is 10.2 Å². The van der Waals surface area contributed by atoms with Gasteiger partial charge in [0.2, 0.25) is 0 Å². The number of anilines is 1. The fourth-order valence-corrected chi connectivity index (χ4v) is 2.82. The maximum Gasteiger partial charge on any atom is 0.335 e. The molecule has 0 spiro atoms. The van der Waals surface area contributed by atoms with Crippen LogP contribution in [0.15, 0.2) is 42.6 Å². The third-order valence-electron chi connectivity index (χ3n) is 4.07. The maximum atomic E-state index is 11.0. The van der Waals surface area contributed by atoms with Gasteiger partial charge in [-0.1, -0.05) is 18.2 Å². The first-order valence-corrected chi connectivity index (χ1v) is 7.95. The molecule has 1 aromatic heterocycles. The summed E-state index contributed by atoms with van der Waals surface area (Å²) in [6, 6.07) is 11.2. The van der Waals surface area contributed by atoms with E-state index in [4.69, 9.17) is 5.11 Å². The Morgan fingerprint density at radius 3 is 2.61 bits per heavy atom. The van der Waals surface area contributed by atoms with Crippen molar-refractivity contribution < 1.29 is 9.90 Å². The number of nitrogens with one attached hydrogen (secondary N) is 1. The zero-order valence-electron chi connectivity index (χ0n) is 13.0. The van der Waals surface area contributed by atoms with Crippen LogP contribution in [-0.2, 0) is 13.1 Å². The summed E-state index contributed by atoms with van der Waals surface area (Å²) in [6.07, 6.45) is 4.41. The molecule has 1 aromatic carbocycles. The van der Waals surface area contributed by atoms with Crippen LogP contribution >= 0.6 is 0 Å². The SMILES string of the molecule is O=C(O)c1cccc(CNCc2ccc(N3CCCC3)nc2)c1. The summed E-state index contributed by atoms with van der Waals surface area (Å²) in [5, 5.41) is 12.3. The number of hydrogen-bond acceptors (Lipinski definition) is 4. The van der Waals surface area contributed by atoms with Crippen LogP contribution in [0.1, 0.15) is 34.3 Å². The van der Waals surface area contributed by atoms with Crippen LogP contribution in [-0.4, -0.2) is 29.1 Å². The molecule has 1 aliphatic heterocycles. The molecule has 2 aromatic rings. The highest BCUT2D eigenvalue weighted by molar-refractivity contribution is 5.87. The molecule has 23 heavy (non-hydrogen) atoms. The first kappa shape index (κ1) is 15.5. The second-order valence-electron chi connectivity index (χ2n) is 5.83. The Morgan fingerprint density at radius 2 is 1.91 bits per heavy atom. The van der Waals surface area contributed by atoms with Crippen LogP contribution in [0.25, 0.3) is 0 Å². The lowest BCUT2D eigenvalue weighted by Gasteiger charge is -2.16. The fraction of sp³-hybridized carbons (Fsp3) is 0.333. The molecule has 0 atom stereocenters. The zero-order valence-corrected chi connectivity index (χ0v) is 13.0. The van der Waals surface area contributed by atoms with Gasteiger partial charge in [-0.2, -0.15) is 0 Å². The minimum Gasteiger partial charge on any atom is -0.478 e. The molecular formula is C18H21N3O2. The van der Waals surface area contributed by atoms with Gasteiger partial charge in [-0.25, -0.2) is 9.78 Å². The average Bonchev–Trinajstić information content (AvgIpc) is 3.10. The quantitative estimate of drug-likeness (QED) is 0.858. The van der Waals surface area contributed by atoms with E-state index in [0.717, 1.165) is 30.0 Å². The molecule has 1 fully saturated rings. The Bertz CT molecular complexity index is 664. The molecule has 0 unspecified atom stereocenters. The number of nitrogens with zero attached hydrogens (tertiary/aromatic N) is 2. The van der Waals surface area contributed by atoms with E-state index in [1.807, 2.05) is 12.3 Å². The number of aromatic carboxylic acids is 1. The lowest BCUT2D eigenvalue weighted by Crippen LogP contribution is -2.19. The van der Waals surface area contributed by atoms with Gasteiger partial charge in [0.15, 0.2) is 0 Å². The Kier molecular flexibility index (Phi) is 4.88. The second-order valence-corrected chi connectivity index (χ2v) is 5.83. The third kappa shape index (κ3) is 4.07. The summed E-state index contributed by atoms with van der Waals surface area (Å²) in [7, 11) is 0. The summed E-state index contributed by atoms with van der Waals surface area (Å²) in [4.78, 5) is 17.8. The number of benzene rings is 1. The van der Waals surface area contributed by atoms with E-state index in [1.165, 1.54) is 12.8 Å². The smallest absolute Gasteiger partial charge is 0.335 e. The summed E-state index contributed by atoms with van der Waals surface area (Å²) < 4.78 is 0. The Hall–Kier alpha value is -2.40. The zero-order chi connectivity index (χ0) is 16.1. The lowest BCUT2D eigenvalue weighted by molar-refractivity contribution is 0.0696.